The van der Waals surface area contributed by atoms with Crippen LogP contribution in [-0.4, -0.2) is 40.3 Å². The van der Waals surface area contributed by atoms with Crippen molar-refractivity contribution in [3.63, 3.8) is 0 Å². The summed E-state index contributed by atoms with van der Waals surface area (Å²) in [4.78, 5) is 6.56. The van der Waals surface area contributed by atoms with Gasteiger partial charge in [-0.25, -0.2) is 0 Å². The van der Waals surface area contributed by atoms with E-state index in [4.69, 9.17) is 0 Å². The SMILES string of the molecule is CC(C)CNCc1cnccc1N1CCS(=O)CC1. The molecule has 19 heavy (non-hydrogen) atoms. The highest BCUT2D eigenvalue weighted by molar-refractivity contribution is 7.85. The Morgan fingerprint density at radius 1 is 1.42 bits per heavy atom. The maximum absolute atomic E-state index is 11.4. The van der Waals surface area contributed by atoms with Crippen LogP contribution in [-0.2, 0) is 17.3 Å². The Balaban J connectivity index is 2.01. The minimum absolute atomic E-state index is 0.626. The molecule has 0 radical (unpaired) electrons. The molecule has 5 heteroatoms. The summed E-state index contributed by atoms with van der Waals surface area (Å²) in [6, 6.07) is 2.07. The highest BCUT2D eigenvalue weighted by Crippen LogP contribution is 2.20. The molecule has 1 fully saturated rings. The second-order valence-corrected chi connectivity index (χ2v) is 7.06. The Kier molecular flexibility index (Phi) is 5.34. The molecule has 0 amide bonds. The first-order valence-electron chi connectivity index (χ1n) is 6.90. The Labute approximate surface area is 118 Å². The van der Waals surface area contributed by atoms with Crippen LogP contribution in [0.1, 0.15) is 19.4 Å². The fourth-order valence-electron chi connectivity index (χ4n) is 2.24. The molecule has 0 unspecified atom stereocenters. The molecular weight excluding hydrogens is 258 g/mol. The Morgan fingerprint density at radius 2 is 2.16 bits per heavy atom. The summed E-state index contributed by atoms with van der Waals surface area (Å²) in [5, 5.41) is 3.46. The molecule has 106 valence electrons. The molecule has 2 rings (SSSR count). The molecule has 1 aliphatic heterocycles. The lowest BCUT2D eigenvalue weighted by Crippen LogP contribution is -2.38. The van der Waals surface area contributed by atoms with Gasteiger partial charge in [-0.15, -0.1) is 0 Å². The van der Waals surface area contributed by atoms with Crippen LogP contribution >= 0.6 is 0 Å². The minimum atomic E-state index is -0.626. The summed E-state index contributed by atoms with van der Waals surface area (Å²) in [6.07, 6.45) is 3.78. The zero-order chi connectivity index (χ0) is 13.7. The predicted octanol–water partition coefficient (Wildman–Crippen LogP) is 1.40. The van der Waals surface area contributed by atoms with Gasteiger partial charge < -0.3 is 10.2 Å². The van der Waals surface area contributed by atoms with Gasteiger partial charge in [0.2, 0.25) is 0 Å². The maximum Gasteiger partial charge on any atom is 0.0443 e. The Hall–Kier alpha value is -0.940. The van der Waals surface area contributed by atoms with Crippen LogP contribution < -0.4 is 10.2 Å². The van der Waals surface area contributed by atoms with Crippen LogP contribution in [0.5, 0.6) is 0 Å². The van der Waals surface area contributed by atoms with Crippen LogP contribution in [0.4, 0.5) is 5.69 Å². The van der Waals surface area contributed by atoms with Gasteiger partial charge in [0.1, 0.15) is 0 Å². The molecule has 0 bridgehead atoms. The van der Waals surface area contributed by atoms with Gasteiger partial charge in [-0.3, -0.25) is 9.19 Å². The van der Waals surface area contributed by atoms with E-state index < -0.39 is 10.8 Å². The topological polar surface area (TPSA) is 45.2 Å². The lowest BCUT2D eigenvalue weighted by molar-refractivity contribution is 0.551. The summed E-state index contributed by atoms with van der Waals surface area (Å²) in [5.41, 5.74) is 2.47. The first kappa shape index (κ1) is 14.5. The van der Waals surface area contributed by atoms with Crippen molar-refractivity contribution in [3.8, 4) is 0 Å². The summed E-state index contributed by atoms with van der Waals surface area (Å²) >= 11 is 0. The van der Waals surface area contributed by atoms with Crippen LogP contribution in [0.2, 0.25) is 0 Å². The fourth-order valence-corrected chi connectivity index (χ4v) is 3.29. The second-order valence-electron chi connectivity index (χ2n) is 5.36. The van der Waals surface area contributed by atoms with Crippen molar-refractivity contribution in [1.82, 2.24) is 10.3 Å². The molecule has 0 aromatic carbocycles. The van der Waals surface area contributed by atoms with Gasteiger partial charge in [0.15, 0.2) is 0 Å². The van der Waals surface area contributed by atoms with E-state index in [0.717, 1.165) is 37.7 Å². The molecule has 0 atom stereocenters. The van der Waals surface area contributed by atoms with Gasteiger partial charge in [-0.2, -0.15) is 0 Å². The number of anilines is 1. The van der Waals surface area contributed by atoms with Crippen molar-refractivity contribution >= 4 is 16.5 Å². The lowest BCUT2D eigenvalue weighted by atomic mass is 10.2. The largest absolute Gasteiger partial charge is 0.369 e. The van der Waals surface area contributed by atoms with Gasteiger partial charge in [0.25, 0.3) is 0 Å². The molecule has 1 aliphatic rings. The van der Waals surface area contributed by atoms with E-state index in [2.05, 4.69) is 35.1 Å². The molecule has 0 aliphatic carbocycles. The minimum Gasteiger partial charge on any atom is -0.369 e. The monoisotopic (exact) mass is 281 g/mol. The highest BCUT2D eigenvalue weighted by atomic mass is 32.2. The third kappa shape index (κ3) is 4.28. The lowest BCUT2D eigenvalue weighted by Gasteiger charge is -2.30. The third-order valence-electron chi connectivity index (χ3n) is 3.26. The second kappa shape index (κ2) is 7.01. The van der Waals surface area contributed by atoms with Crippen molar-refractivity contribution in [2.45, 2.75) is 20.4 Å². The van der Waals surface area contributed by atoms with E-state index in [1.807, 2.05) is 12.4 Å². The van der Waals surface area contributed by atoms with Gasteiger partial charge >= 0.3 is 0 Å². The molecule has 1 saturated heterocycles. The summed E-state index contributed by atoms with van der Waals surface area (Å²) in [6.45, 7) is 8.04. The van der Waals surface area contributed by atoms with Gasteiger partial charge in [0, 0.05) is 65.6 Å². The molecule has 1 aromatic rings. The maximum atomic E-state index is 11.4. The van der Waals surface area contributed by atoms with Crippen LogP contribution in [0.3, 0.4) is 0 Å². The normalized spacial score (nSPS) is 17.1. The first-order valence-corrected chi connectivity index (χ1v) is 8.39. The van der Waals surface area contributed by atoms with Crippen molar-refractivity contribution in [2.24, 2.45) is 5.92 Å². The Bertz CT molecular complexity index is 426. The summed E-state index contributed by atoms with van der Waals surface area (Å²) < 4.78 is 11.4. The van der Waals surface area contributed by atoms with E-state index in [-0.39, 0.29) is 0 Å². The number of pyridine rings is 1. The van der Waals surface area contributed by atoms with Crippen molar-refractivity contribution in [1.29, 1.82) is 0 Å². The van der Waals surface area contributed by atoms with E-state index in [9.17, 15) is 4.21 Å². The van der Waals surface area contributed by atoms with Crippen LogP contribution in [0.25, 0.3) is 0 Å². The molecule has 2 heterocycles. The average Bonchev–Trinajstić information content (AvgIpc) is 2.40. The number of rotatable bonds is 5. The third-order valence-corrected chi connectivity index (χ3v) is 4.54. The number of hydrogen-bond acceptors (Lipinski definition) is 4. The predicted molar refractivity (Wildman–Crippen MR) is 80.9 cm³/mol. The van der Waals surface area contributed by atoms with Gasteiger partial charge in [0.05, 0.1) is 0 Å². The van der Waals surface area contributed by atoms with E-state index in [1.54, 1.807) is 0 Å². The number of nitrogens with one attached hydrogen (secondary N) is 1. The molecular formula is C14H23N3OS. The van der Waals surface area contributed by atoms with Crippen molar-refractivity contribution in [3.05, 3.63) is 24.0 Å². The molecule has 4 nitrogen and oxygen atoms in total. The van der Waals surface area contributed by atoms with Crippen LogP contribution in [0.15, 0.2) is 18.5 Å². The van der Waals surface area contributed by atoms with Gasteiger partial charge in [-0.1, -0.05) is 13.8 Å². The highest BCUT2D eigenvalue weighted by Gasteiger charge is 2.17. The van der Waals surface area contributed by atoms with Crippen molar-refractivity contribution in [2.75, 3.05) is 36.0 Å². The molecule has 1 N–H and O–H groups in total. The molecule has 1 aromatic heterocycles. The first-order chi connectivity index (χ1) is 9.16. The van der Waals surface area contributed by atoms with E-state index in [1.165, 1.54) is 11.3 Å². The van der Waals surface area contributed by atoms with E-state index in [0.29, 0.717) is 5.92 Å². The summed E-state index contributed by atoms with van der Waals surface area (Å²) in [5.74, 6) is 2.21. The summed E-state index contributed by atoms with van der Waals surface area (Å²) in [7, 11) is -0.626. The van der Waals surface area contributed by atoms with Crippen molar-refractivity contribution < 1.29 is 4.21 Å². The zero-order valence-electron chi connectivity index (χ0n) is 11.8. The zero-order valence-corrected chi connectivity index (χ0v) is 12.6. The molecule has 0 spiro atoms. The van der Waals surface area contributed by atoms with Crippen LogP contribution in [0, 0.1) is 5.92 Å². The quantitative estimate of drug-likeness (QED) is 0.886. The fraction of sp³-hybridized carbons (Fsp3) is 0.643. The number of hydrogen-bond donors (Lipinski definition) is 1. The van der Waals surface area contributed by atoms with E-state index >= 15 is 0 Å². The van der Waals surface area contributed by atoms with Gasteiger partial charge in [-0.05, 0) is 18.5 Å². The smallest absolute Gasteiger partial charge is 0.0443 e. The number of aromatic nitrogens is 1. The standard InChI is InChI=1S/C14H23N3OS/c1-12(2)9-16-11-13-10-15-4-3-14(13)17-5-7-19(18)8-6-17/h3-4,10,12,16H,5-9,11H2,1-2H3. The number of nitrogens with zero attached hydrogens (tertiary/aromatic N) is 2. The average molecular weight is 281 g/mol. The Morgan fingerprint density at radius 3 is 2.84 bits per heavy atom. The molecule has 0 saturated carbocycles.